The lowest BCUT2D eigenvalue weighted by Gasteiger charge is -2.13. The van der Waals surface area contributed by atoms with Gasteiger partial charge in [0.25, 0.3) is 0 Å². The predicted octanol–water partition coefficient (Wildman–Crippen LogP) is -2.92. The summed E-state index contributed by atoms with van der Waals surface area (Å²) < 4.78 is 0. The normalized spacial score (nSPS) is 12.9. The van der Waals surface area contributed by atoms with E-state index in [4.69, 9.17) is 26.8 Å². The van der Waals surface area contributed by atoms with E-state index in [1.165, 1.54) is 0 Å². The topological polar surface area (TPSA) is 163 Å². The third kappa shape index (κ3) is 2.65. The highest BCUT2D eigenvalue weighted by molar-refractivity contribution is 5.37. The van der Waals surface area contributed by atoms with Gasteiger partial charge in [-0.25, -0.2) is 0 Å². The molecule has 9 heteroatoms. The molecule has 0 saturated carbocycles. The monoisotopic (exact) mass is 202 g/mol. The number of rotatable bonds is 3. The molecular weight excluding hydrogens is 192 g/mol. The Balaban J connectivity index is 2.76. The van der Waals surface area contributed by atoms with Crippen LogP contribution >= 0.6 is 0 Å². The fourth-order valence-corrected chi connectivity index (χ4v) is 0.681. The molecule has 78 valence electrons. The number of nitrogens with two attached hydrogens (primary N) is 2. The molecule has 1 aromatic rings. The third-order valence-corrected chi connectivity index (χ3v) is 1.23. The smallest absolute Gasteiger partial charge is 0.231 e. The van der Waals surface area contributed by atoms with Crippen molar-refractivity contribution in [2.24, 2.45) is 0 Å². The second kappa shape index (κ2) is 4.00. The zero-order chi connectivity index (χ0) is 10.7. The average Bonchev–Trinajstić information content (AvgIpc) is 2.01. The Kier molecular flexibility index (Phi) is 2.96. The minimum atomic E-state index is -1.96. The molecule has 14 heavy (non-hydrogen) atoms. The summed E-state index contributed by atoms with van der Waals surface area (Å²) in [7, 11) is 0. The number of anilines is 3. The second-order valence-corrected chi connectivity index (χ2v) is 2.38. The van der Waals surface area contributed by atoms with Gasteiger partial charge >= 0.3 is 0 Å². The van der Waals surface area contributed by atoms with Crippen molar-refractivity contribution in [2.45, 2.75) is 12.5 Å². The van der Waals surface area contributed by atoms with Crippen LogP contribution in [-0.2, 0) is 0 Å². The van der Waals surface area contributed by atoms with E-state index in [0.717, 1.165) is 0 Å². The predicted molar refractivity (Wildman–Crippen MR) is 46.5 cm³/mol. The summed E-state index contributed by atoms with van der Waals surface area (Å²) in [5, 5.41) is 28.2. The summed E-state index contributed by atoms with van der Waals surface area (Å²) in [4.78, 5) is 10.6. The Hall–Kier alpha value is -1.71. The molecule has 0 aliphatic rings. The number of nitrogen functional groups attached to an aromatic ring is 2. The lowest BCUT2D eigenvalue weighted by molar-refractivity contribution is -0.111. The van der Waals surface area contributed by atoms with Crippen LogP contribution in [0.15, 0.2) is 0 Å². The van der Waals surface area contributed by atoms with Crippen LogP contribution < -0.4 is 16.8 Å². The second-order valence-electron chi connectivity index (χ2n) is 2.38. The Bertz CT molecular complexity index is 298. The van der Waals surface area contributed by atoms with Gasteiger partial charge in [-0.2, -0.15) is 15.0 Å². The molecular formula is C5H10N6O3. The summed E-state index contributed by atoms with van der Waals surface area (Å²) in [6.45, 7) is 0. The van der Waals surface area contributed by atoms with E-state index in [0.29, 0.717) is 0 Å². The van der Waals surface area contributed by atoms with Crippen molar-refractivity contribution in [3.63, 3.8) is 0 Å². The zero-order valence-electron chi connectivity index (χ0n) is 6.99. The molecule has 0 aliphatic carbocycles. The average molecular weight is 202 g/mol. The first-order chi connectivity index (χ1) is 6.49. The molecule has 1 aromatic heterocycles. The van der Waals surface area contributed by atoms with E-state index in [1.807, 2.05) is 0 Å². The highest BCUT2D eigenvalue weighted by Crippen LogP contribution is 2.04. The molecule has 8 N–H and O–H groups in total. The van der Waals surface area contributed by atoms with Crippen LogP contribution in [0.4, 0.5) is 17.8 Å². The van der Waals surface area contributed by atoms with Crippen LogP contribution in [0.1, 0.15) is 0 Å². The first-order valence-corrected chi connectivity index (χ1v) is 3.57. The van der Waals surface area contributed by atoms with Crippen molar-refractivity contribution in [3.05, 3.63) is 0 Å². The largest absolute Gasteiger partial charge is 0.369 e. The van der Waals surface area contributed by atoms with Gasteiger partial charge in [-0.15, -0.1) is 0 Å². The van der Waals surface area contributed by atoms with Gasteiger partial charge < -0.3 is 32.1 Å². The molecule has 9 nitrogen and oxygen atoms in total. The van der Waals surface area contributed by atoms with Gasteiger partial charge in [0.05, 0.1) is 0 Å². The molecule has 0 radical (unpaired) electrons. The molecule has 1 rings (SSSR count). The van der Waals surface area contributed by atoms with Crippen LogP contribution in [0.5, 0.6) is 0 Å². The number of aromatic nitrogens is 3. The van der Waals surface area contributed by atoms with Gasteiger partial charge in [-0.3, -0.25) is 0 Å². The van der Waals surface area contributed by atoms with Crippen molar-refractivity contribution in [2.75, 3.05) is 16.8 Å². The van der Waals surface area contributed by atoms with Crippen LogP contribution in [0.25, 0.3) is 0 Å². The third-order valence-electron chi connectivity index (χ3n) is 1.23. The number of nitrogens with one attached hydrogen (secondary N) is 1. The van der Waals surface area contributed by atoms with Crippen molar-refractivity contribution < 1.29 is 15.3 Å². The molecule has 0 spiro atoms. The number of nitrogens with zero attached hydrogens (tertiary/aromatic N) is 3. The molecule has 1 unspecified atom stereocenters. The zero-order valence-corrected chi connectivity index (χ0v) is 6.99. The number of aliphatic hydroxyl groups excluding tert-OH is 2. The van der Waals surface area contributed by atoms with E-state index in [1.54, 1.807) is 0 Å². The fourth-order valence-electron chi connectivity index (χ4n) is 0.681. The summed E-state index contributed by atoms with van der Waals surface area (Å²) in [6.07, 6.45) is -3.59. The lowest BCUT2D eigenvalue weighted by atomic mass is 10.5. The Labute approximate surface area is 78.4 Å². The van der Waals surface area contributed by atoms with E-state index < -0.39 is 12.5 Å². The minimum absolute atomic E-state index is 0.139. The van der Waals surface area contributed by atoms with Gasteiger partial charge in [0, 0.05) is 0 Å². The van der Waals surface area contributed by atoms with Crippen LogP contribution in [0.3, 0.4) is 0 Å². The molecule has 1 heterocycles. The number of hydrogen-bond acceptors (Lipinski definition) is 9. The SMILES string of the molecule is Nc1nc(N)nc(NC(O)C(O)O)n1. The van der Waals surface area contributed by atoms with Crippen molar-refractivity contribution in [1.29, 1.82) is 0 Å². The van der Waals surface area contributed by atoms with Crippen molar-refractivity contribution >= 4 is 17.8 Å². The molecule has 0 aromatic carbocycles. The molecule has 1 atom stereocenters. The lowest BCUT2D eigenvalue weighted by Crippen LogP contribution is -2.33. The maximum absolute atomic E-state index is 8.97. The minimum Gasteiger partial charge on any atom is -0.369 e. The molecule has 0 fully saturated rings. The Morgan fingerprint density at radius 3 is 1.93 bits per heavy atom. The maximum Gasteiger partial charge on any atom is 0.231 e. The quantitative estimate of drug-likeness (QED) is 0.281. The Morgan fingerprint density at radius 2 is 1.50 bits per heavy atom. The highest BCUT2D eigenvalue weighted by Gasteiger charge is 2.14. The highest BCUT2D eigenvalue weighted by atomic mass is 16.5. The van der Waals surface area contributed by atoms with Gasteiger partial charge in [-0.1, -0.05) is 0 Å². The van der Waals surface area contributed by atoms with Crippen molar-refractivity contribution in [3.8, 4) is 0 Å². The maximum atomic E-state index is 8.97. The van der Waals surface area contributed by atoms with Gasteiger partial charge in [-0.05, 0) is 0 Å². The molecule has 0 amide bonds. The first kappa shape index (κ1) is 10.4. The van der Waals surface area contributed by atoms with Crippen LogP contribution in [-0.4, -0.2) is 42.8 Å². The van der Waals surface area contributed by atoms with E-state index in [9.17, 15) is 0 Å². The first-order valence-electron chi connectivity index (χ1n) is 3.57. The summed E-state index contributed by atoms with van der Waals surface area (Å²) in [5.74, 6) is -0.421. The van der Waals surface area contributed by atoms with Crippen molar-refractivity contribution in [1.82, 2.24) is 15.0 Å². The number of hydrogen-bond donors (Lipinski definition) is 6. The van der Waals surface area contributed by atoms with E-state index in [2.05, 4.69) is 20.3 Å². The molecule has 0 saturated heterocycles. The van der Waals surface area contributed by atoms with Gasteiger partial charge in [0.2, 0.25) is 17.8 Å². The fraction of sp³-hybridized carbons (Fsp3) is 0.400. The summed E-state index contributed by atoms with van der Waals surface area (Å²) >= 11 is 0. The Morgan fingerprint density at radius 1 is 1.00 bits per heavy atom. The number of aliphatic hydroxyl groups is 3. The van der Waals surface area contributed by atoms with E-state index in [-0.39, 0.29) is 17.8 Å². The summed E-state index contributed by atoms with van der Waals surface area (Å²) in [6, 6.07) is 0. The standard InChI is InChI=1S/C5H10N6O3/c6-3-9-4(7)11-5(10-3)8-1(12)2(13)14/h1-2,12-14H,(H5,6,7,8,9,10,11). The summed E-state index contributed by atoms with van der Waals surface area (Å²) in [5.41, 5.74) is 10.4. The van der Waals surface area contributed by atoms with E-state index >= 15 is 0 Å². The van der Waals surface area contributed by atoms with Crippen LogP contribution in [0.2, 0.25) is 0 Å². The molecule has 0 bridgehead atoms. The van der Waals surface area contributed by atoms with Gasteiger partial charge in [0.1, 0.15) is 0 Å². The van der Waals surface area contributed by atoms with Gasteiger partial charge in [0.15, 0.2) is 12.5 Å². The molecule has 0 aliphatic heterocycles. The van der Waals surface area contributed by atoms with Crippen LogP contribution in [0, 0.1) is 0 Å².